The summed E-state index contributed by atoms with van der Waals surface area (Å²) >= 11 is 7.25. The molecule has 136 valence electrons. The van der Waals surface area contributed by atoms with Gasteiger partial charge in [-0.1, -0.05) is 35.5 Å². The molecule has 27 heavy (non-hydrogen) atoms. The van der Waals surface area contributed by atoms with Crippen LogP contribution in [0.4, 0.5) is 5.69 Å². The number of fused-ring (bicyclic) bond motifs is 3. The molecule has 4 rings (SSSR count). The number of aromatic amines is 1. The lowest BCUT2D eigenvalue weighted by molar-refractivity contribution is -0.113. The highest BCUT2D eigenvalue weighted by Crippen LogP contribution is 2.27. The molecular formula is C18H14ClN5O2S. The Kier molecular flexibility index (Phi) is 4.83. The molecule has 2 heterocycles. The maximum absolute atomic E-state index is 12.2. The number of aromatic nitrogens is 4. The third kappa shape index (κ3) is 3.67. The molecule has 0 saturated carbocycles. The Morgan fingerprint density at radius 2 is 2.11 bits per heavy atom. The van der Waals surface area contributed by atoms with Gasteiger partial charge in [0.05, 0.1) is 18.6 Å². The largest absolute Gasteiger partial charge is 0.495 e. The van der Waals surface area contributed by atoms with Gasteiger partial charge < -0.3 is 15.0 Å². The van der Waals surface area contributed by atoms with E-state index in [1.165, 1.54) is 11.8 Å². The zero-order valence-electron chi connectivity index (χ0n) is 14.2. The molecule has 2 N–H and O–H groups in total. The number of rotatable bonds is 5. The minimum absolute atomic E-state index is 0.150. The SMILES string of the molecule is COc1ccccc1NC(=O)CSc1nnc2c(n1)[nH]c1ccc(Cl)cc12. The van der Waals surface area contributed by atoms with Crippen LogP contribution in [0.5, 0.6) is 5.75 Å². The van der Waals surface area contributed by atoms with E-state index >= 15 is 0 Å². The van der Waals surface area contributed by atoms with Gasteiger partial charge in [0.2, 0.25) is 11.1 Å². The molecule has 4 aromatic rings. The lowest BCUT2D eigenvalue weighted by Gasteiger charge is -2.09. The molecule has 2 aromatic carbocycles. The van der Waals surface area contributed by atoms with E-state index in [2.05, 4.69) is 25.5 Å². The number of para-hydroxylation sites is 2. The fraction of sp³-hybridized carbons (Fsp3) is 0.111. The summed E-state index contributed by atoms with van der Waals surface area (Å²) in [5.41, 5.74) is 2.75. The van der Waals surface area contributed by atoms with Gasteiger partial charge in [0.1, 0.15) is 11.3 Å². The van der Waals surface area contributed by atoms with Crippen LogP contribution in [0.1, 0.15) is 0 Å². The monoisotopic (exact) mass is 399 g/mol. The second kappa shape index (κ2) is 7.42. The Morgan fingerprint density at radius 3 is 2.96 bits per heavy atom. The summed E-state index contributed by atoms with van der Waals surface area (Å²) in [6.07, 6.45) is 0. The van der Waals surface area contributed by atoms with Gasteiger partial charge in [0.15, 0.2) is 5.65 Å². The number of anilines is 1. The summed E-state index contributed by atoms with van der Waals surface area (Å²) in [6.45, 7) is 0. The topological polar surface area (TPSA) is 92.8 Å². The second-order valence-electron chi connectivity index (χ2n) is 5.64. The Balaban J connectivity index is 1.48. The minimum atomic E-state index is -0.184. The standard InChI is InChI=1S/C18H14ClN5O2S/c1-26-14-5-3-2-4-13(14)20-15(25)9-27-18-22-17-16(23-24-18)11-8-10(19)6-7-12(11)21-17/h2-8H,9H2,1H3,(H,20,25)(H,21,22,24). The quantitative estimate of drug-likeness (QED) is 0.494. The molecule has 0 fully saturated rings. The Labute approximate surface area is 163 Å². The fourth-order valence-corrected chi connectivity index (χ4v) is 3.41. The van der Waals surface area contributed by atoms with Crippen LogP contribution in [-0.4, -0.2) is 38.9 Å². The molecular weight excluding hydrogens is 386 g/mol. The molecule has 0 atom stereocenters. The van der Waals surface area contributed by atoms with Gasteiger partial charge in [0.25, 0.3) is 0 Å². The number of hydrogen-bond donors (Lipinski definition) is 2. The maximum Gasteiger partial charge on any atom is 0.234 e. The number of amides is 1. The molecule has 0 saturated heterocycles. The van der Waals surface area contributed by atoms with Crippen LogP contribution in [-0.2, 0) is 4.79 Å². The van der Waals surface area contributed by atoms with Gasteiger partial charge in [-0.3, -0.25) is 4.79 Å². The highest BCUT2D eigenvalue weighted by molar-refractivity contribution is 7.99. The van der Waals surface area contributed by atoms with Gasteiger partial charge in [-0.25, -0.2) is 4.98 Å². The highest BCUT2D eigenvalue weighted by atomic mass is 35.5. The molecule has 0 aliphatic heterocycles. The number of carbonyl (C=O) groups is 1. The van der Waals surface area contributed by atoms with Crippen LogP contribution >= 0.6 is 23.4 Å². The number of benzene rings is 2. The molecule has 7 nitrogen and oxygen atoms in total. The third-order valence-electron chi connectivity index (χ3n) is 3.87. The first kappa shape index (κ1) is 17.6. The first-order valence-corrected chi connectivity index (χ1v) is 9.38. The highest BCUT2D eigenvalue weighted by Gasteiger charge is 2.12. The van der Waals surface area contributed by atoms with Crippen molar-refractivity contribution in [3.05, 3.63) is 47.5 Å². The van der Waals surface area contributed by atoms with Crippen molar-refractivity contribution in [2.45, 2.75) is 5.16 Å². The molecule has 1 amide bonds. The maximum atomic E-state index is 12.2. The van der Waals surface area contributed by atoms with Gasteiger partial charge in [-0.05, 0) is 30.3 Å². The number of nitrogens with one attached hydrogen (secondary N) is 2. The van der Waals surface area contributed by atoms with Crippen molar-refractivity contribution in [3.63, 3.8) is 0 Å². The second-order valence-corrected chi connectivity index (χ2v) is 7.02. The van der Waals surface area contributed by atoms with Crippen molar-refractivity contribution in [2.75, 3.05) is 18.2 Å². The van der Waals surface area contributed by atoms with E-state index in [4.69, 9.17) is 16.3 Å². The molecule has 0 aliphatic carbocycles. The molecule has 0 bridgehead atoms. The van der Waals surface area contributed by atoms with E-state index in [-0.39, 0.29) is 11.7 Å². The summed E-state index contributed by atoms with van der Waals surface area (Å²) in [5, 5.41) is 13.0. The van der Waals surface area contributed by atoms with Gasteiger partial charge in [-0.15, -0.1) is 10.2 Å². The number of carbonyl (C=O) groups excluding carboxylic acids is 1. The summed E-state index contributed by atoms with van der Waals surface area (Å²) in [7, 11) is 1.56. The van der Waals surface area contributed by atoms with E-state index in [0.29, 0.717) is 32.8 Å². The van der Waals surface area contributed by atoms with E-state index in [0.717, 1.165) is 10.9 Å². The predicted molar refractivity (Wildman–Crippen MR) is 107 cm³/mol. The number of hydrogen-bond acceptors (Lipinski definition) is 6. The van der Waals surface area contributed by atoms with Gasteiger partial charge >= 0.3 is 0 Å². The van der Waals surface area contributed by atoms with Crippen LogP contribution in [0.15, 0.2) is 47.6 Å². The lowest BCUT2D eigenvalue weighted by Crippen LogP contribution is -2.15. The van der Waals surface area contributed by atoms with E-state index in [9.17, 15) is 4.79 Å². The summed E-state index contributed by atoms with van der Waals surface area (Å²) in [6, 6.07) is 12.7. The smallest absolute Gasteiger partial charge is 0.234 e. The Morgan fingerprint density at radius 1 is 1.26 bits per heavy atom. The zero-order chi connectivity index (χ0) is 18.8. The van der Waals surface area contributed by atoms with Crippen molar-refractivity contribution in [2.24, 2.45) is 0 Å². The zero-order valence-corrected chi connectivity index (χ0v) is 15.8. The summed E-state index contributed by atoms with van der Waals surface area (Å²) in [5.74, 6) is 0.570. The minimum Gasteiger partial charge on any atom is -0.495 e. The average Bonchev–Trinajstić information content (AvgIpc) is 3.04. The molecule has 0 spiro atoms. The lowest BCUT2D eigenvalue weighted by atomic mass is 10.2. The van der Waals surface area contributed by atoms with Gasteiger partial charge in [-0.2, -0.15) is 0 Å². The molecule has 0 radical (unpaired) electrons. The molecule has 2 aromatic heterocycles. The Bertz CT molecular complexity index is 1150. The molecule has 9 heteroatoms. The fourth-order valence-electron chi connectivity index (χ4n) is 2.65. The van der Waals surface area contributed by atoms with Crippen LogP contribution in [0.3, 0.4) is 0 Å². The van der Waals surface area contributed by atoms with Crippen molar-refractivity contribution < 1.29 is 9.53 Å². The van der Waals surface area contributed by atoms with Crippen LogP contribution in [0, 0.1) is 0 Å². The number of thioether (sulfide) groups is 1. The number of halogens is 1. The van der Waals surface area contributed by atoms with Crippen molar-refractivity contribution >= 4 is 57.0 Å². The number of ether oxygens (including phenoxy) is 1. The van der Waals surface area contributed by atoms with E-state index in [1.54, 1.807) is 25.3 Å². The average molecular weight is 400 g/mol. The molecule has 0 aliphatic rings. The van der Waals surface area contributed by atoms with Crippen molar-refractivity contribution in [3.8, 4) is 5.75 Å². The van der Waals surface area contributed by atoms with E-state index in [1.807, 2.05) is 24.3 Å². The van der Waals surface area contributed by atoms with Crippen molar-refractivity contribution in [1.29, 1.82) is 0 Å². The van der Waals surface area contributed by atoms with E-state index < -0.39 is 0 Å². The normalized spacial score (nSPS) is 11.0. The summed E-state index contributed by atoms with van der Waals surface area (Å²) < 4.78 is 5.22. The van der Waals surface area contributed by atoms with Gasteiger partial charge in [0, 0.05) is 15.9 Å². The van der Waals surface area contributed by atoms with Crippen LogP contribution in [0.25, 0.3) is 22.1 Å². The third-order valence-corrected chi connectivity index (χ3v) is 4.94. The first-order chi connectivity index (χ1) is 13.1. The number of methoxy groups -OCH3 is 1. The van der Waals surface area contributed by atoms with Crippen LogP contribution in [0.2, 0.25) is 5.02 Å². The Hall–Kier alpha value is -2.84. The molecule has 0 unspecified atom stereocenters. The first-order valence-electron chi connectivity index (χ1n) is 8.01. The number of nitrogens with zero attached hydrogens (tertiary/aromatic N) is 3. The summed E-state index contributed by atoms with van der Waals surface area (Å²) in [4.78, 5) is 19.8. The van der Waals surface area contributed by atoms with Crippen molar-refractivity contribution in [1.82, 2.24) is 20.2 Å². The predicted octanol–water partition coefficient (Wildman–Crippen LogP) is 3.90. The number of H-pyrrole nitrogens is 1. The van der Waals surface area contributed by atoms with Crippen LogP contribution < -0.4 is 10.1 Å².